The van der Waals surface area contributed by atoms with Crippen molar-refractivity contribution < 1.29 is 33.9 Å². The lowest BCUT2D eigenvalue weighted by Gasteiger charge is -2.13. The summed E-state index contributed by atoms with van der Waals surface area (Å²) in [6.07, 6.45) is 1.38. The molecule has 0 saturated carbocycles. The summed E-state index contributed by atoms with van der Waals surface area (Å²) in [5.74, 6) is -1.37. The van der Waals surface area contributed by atoms with Crippen LogP contribution in [0.3, 0.4) is 0 Å². The van der Waals surface area contributed by atoms with E-state index in [-0.39, 0.29) is 18.0 Å². The number of hydrogen-bond acceptors (Lipinski definition) is 7. The number of hydrogen-bond donors (Lipinski definition) is 2. The van der Waals surface area contributed by atoms with Crippen molar-refractivity contribution in [2.45, 2.75) is 6.61 Å². The number of rotatable bonds is 8. The number of nitro groups is 1. The number of nitro benzene ring substituents is 1. The molecular weight excluding hydrogens is 490 g/mol. The smallest absolute Gasteiger partial charge is 0.329 e. The van der Waals surface area contributed by atoms with Crippen LogP contribution in [-0.4, -0.2) is 46.5 Å². The molecule has 2 aromatic rings. The first-order chi connectivity index (χ1) is 15.2. The maximum absolute atomic E-state index is 12.3. The molecule has 2 N–H and O–H groups in total. The number of non-ortho nitro benzene ring substituents is 1. The molecular formula is C20H16BrN3O8. The van der Waals surface area contributed by atoms with Gasteiger partial charge in [0.1, 0.15) is 18.8 Å². The third kappa shape index (κ3) is 5.03. The Morgan fingerprint density at radius 2 is 1.94 bits per heavy atom. The number of ether oxygens (including phenoxy) is 2. The quantitative estimate of drug-likeness (QED) is 0.240. The topological polar surface area (TPSA) is 148 Å². The fraction of sp³-hybridized carbons (Fsp3) is 0.150. The van der Waals surface area contributed by atoms with Gasteiger partial charge in [0.05, 0.1) is 12.0 Å². The number of nitrogens with zero attached hydrogens (tertiary/aromatic N) is 2. The van der Waals surface area contributed by atoms with Gasteiger partial charge in [0.2, 0.25) is 0 Å². The number of imide groups is 1. The van der Waals surface area contributed by atoms with Crippen molar-refractivity contribution in [1.82, 2.24) is 10.2 Å². The Hall–Kier alpha value is -3.93. The highest BCUT2D eigenvalue weighted by atomic mass is 79.9. The second kappa shape index (κ2) is 9.47. The van der Waals surface area contributed by atoms with Crippen LogP contribution in [0.1, 0.15) is 11.1 Å². The van der Waals surface area contributed by atoms with E-state index in [9.17, 15) is 24.5 Å². The predicted molar refractivity (Wildman–Crippen MR) is 114 cm³/mol. The van der Waals surface area contributed by atoms with E-state index in [0.717, 1.165) is 0 Å². The highest BCUT2D eigenvalue weighted by Gasteiger charge is 2.35. The Morgan fingerprint density at radius 1 is 1.25 bits per heavy atom. The molecule has 11 nitrogen and oxygen atoms in total. The average molecular weight is 506 g/mol. The Balaban J connectivity index is 1.80. The minimum atomic E-state index is -1.31. The second-order valence-electron chi connectivity index (χ2n) is 6.51. The molecule has 1 fully saturated rings. The molecule has 12 heteroatoms. The molecule has 0 bridgehead atoms. The highest BCUT2D eigenvalue weighted by molar-refractivity contribution is 9.10. The number of aliphatic carboxylic acids is 1. The van der Waals surface area contributed by atoms with E-state index in [1.54, 1.807) is 24.3 Å². The maximum Gasteiger partial charge on any atom is 0.329 e. The first-order valence-electron chi connectivity index (χ1n) is 8.99. The van der Waals surface area contributed by atoms with Gasteiger partial charge in [-0.2, -0.15) is 0 Å². The normalized spacial score (nSPS) is 14.4. The molecule has 0 aliphatic carbocycles. The lowest BCUT2D eigenvalue weighted by molar-refractivity contribution is -0.384. The van der Waals surface area contributed by atoms with Crippen LogP contribution in [0.15, 0.2) is 46.6 Å². The second-order valence-corrected chi connectivity index (χ2v) is 7.36. The number of nitrogens with one attached hydrogen (secondary N) is 1. The van der Waals surface area contributed by atoms with E-state index >= 15 is 0 Å². The minimum absolute atomic E-state index is 0.0260. The molecule has 1 aliphatic rings. The molecule has 2 aromatic carbocycles. The monoisotopic (exact) mass is 505 g/mol. The van der Waals surface area contributed by atoms with E-state index in [1.165, 1.54) is 25.3 Å². The zero-order valence-corrected chi connectivity index (χ0v) is 18.1. The number of halogens is 1. The molecule has 166 valence electrons. The Kier molecular flexibility index (Phi) is 6.73. The number of amides is 3. The van der Waals surface area contributed by atoms with Crippen LogP contribution < -0.4 is 14.8 Å². The maximum atomic E-state index is 12.3. The summed E-state index contributed by atoms with van der Waals surface area (Å²) in [5.41, 5.74) is 1.07. The third-order valence-electron chi connectivity index (χ3n) is 4.38. The summed E-state index contributed by atoms with van der Waals surface area (Å²) in [4.78, 5) is 45.8. The van der Waals surface area contributed by atoms with E-state index in [4.69, 9.17) is 14.6 Å². The summed E-state index contributed by atoms with van der Waals surface area (Å²) < 4.78 is 11.6. The fourth-order valence-corrected chi connectivity index (χ4v) is 3.25. The summed E-state index contributed by atoms with van der Waals surface area (Å²) in [5, 5.41) is 21.9. The molecule has 3 rings (SSSR count). The minimum Gasteiger partial charge on any atom is -0.493 e. The first-order valence-corrected chi connectivity index (χ1v) is 9.79. The van der Waals surface area contributed by atoms with Crippen molar-refractivity contribution in [2.24, 2.45) is 0 Å². The average Bonchev–Trinajstić information content (AvgIpc) is 3.01. The lowest BCUT2D eigenvalue weighted by Crippen LogP contribution is -2.35. The molecule has 0 spiro atoms. The van der Waals surface area contributed by atoms with E-state index < -0.39 is 29.4 Å². The van der Waals surface area contributed by atoms with Crippen LogP contribution in [0.25, 0.3) is 6.08 Å². The Labute approximate surface area is 189 Å². The van der Waals surface area contributed by atoms with Gasteiger partial charge in [-0.15, -0.1) is 0 Å². The van der Waals surface area contributed by atoms with Crippen LogP contribution in [-0.2, 0) is 16.2 Å². The van der Waals surface area contributed by atoms with E-state index in [0.29, 0.717) is 32.0 Å². The number of carboxylic acid groups (broad SMARTS) is 1. The van der Waals surface area contributed by atoms with Crippen molar-refractivity contribution in [3.05, 3.63) is 67.8 Å². The van der Waals surface area contributed by atoms with E-state index in [1.807, 2.05) is 0 Å². The number of benzene rings is 2. The number of carbonyl (C=O) groups is 3. The van der Waals surface area contributed by atoms with Gasteiger partial charge in [-0.1, -0.05) is 15.9 Å². The van der Waals surface area contributed by atoms with Crippen molar-refractivity contribution in [3.63, 3.8) is 0 Å². The summed E-state index contributed by atoms with van der Waals surface area (Å²) in [7, 11) is 1.43. The van der Waals surface area contributed by atoms with Crippen LogP contribution in [0.4, 0.5) is 10.5 Å². The summed E-state index contributed by atoms with van der Waals surface area (Å²) in [6, 6.07) is 8.26. The van der Waals surface area contributed by atoms with Gasteiger partial charge >= 0.3 is 12.0 Å². The molecule has 1 heterocycles. The van der Waals surface area contributed by atoms with Crippen LogP contribution in [0.2, 0.25) is 0 Å². The third-order valence-corrected chi connectivity index (χ3v) is 5.07. The van der Waals surface area contributed by atoms with Gasteiger partial charge in [0, 0.05) is 16.6 Å². The number of urea groups is 1. The molecule has 0 radical (unpaired) electrons. The summed E-state index contributed by atoms with van der Waals surface area (Å²) >= 11 is 3.37. The fourth-order valence-electron chi connectivity index (χ4n) is 2.81. The van der Waals surface area contributed by atoms with Gasteiger partial charge in [0.25, 0.3) is 11.6 Å². The number of carbonyl (C=O) groups excluding carboxylic acids is 2. The zero-order valence-electron chi connectivity index (χ0n) is 16.5. The standard InChI is InChI=1S/C20H16BrN3O8/c1-31-16-7-12(6-15-19(27)23(9-18(25)26)20(28)22-15)14(21)8-17(16)32-10-11-2-4-13(5-3-11)24(29)30/h2-8H,9-10H2,1H3,(H,22,28)(H,25,26)/b15-6+. The molecule has 1 aliphatic heterocycles. The van der Waals surface area contributed by atoms with Gasteiger partial charge in [-0.3, -0.25) is 19.7 Å². The number of carboxylic acids is 1. The zero-order chi connectivity index (χ0) is 23.4. The predicted octanol–water partition coefficient (Wildman–Crippen LogP) is 2.92. The molecule has 3 amide bonds. The highest BCUT2D eigenvalue weighted by Crippen LogP contribution is 2.35. The Morgan fingerprint density at radius 3 is 2.53 bits per heavy atom. The molecule has 32 heavy (non-hydrogen) atoms. The van der Waals surface area contributed by atoms with Crippen LogP contribution in [0.5, 0.6) is 11.5 Å². The van der Waals surface area contributed by atoms with Gasteiger partial charge in [-0.05, 0) is 41.5 Å². The Bertz CT molecular complexity index is 1130. The largest absolute Gasteiger partial charge is 0.493 e. The van der Waals surface area contributed by atoms with Crippen molar-refractivity contribution in [1.29, 1.82) is 0 Å². The number of methoxy groups -OCH3 is 1. The van der Waals surface area contributed by atoms with Crippen molar-refractivity contribution >= 4 is 45.6 Å². The van der Waals surface area contributed by atoms with Crippen molar-refractivity contribution in [2.75, 3.05) is 13.7 Å². The lowest BCUT2D eigenvalue weighted by atomic mass is 10.1. The van der Waals surface area contributed by atoms with Gasteiger partial charge < -0.3 is 19.9 Å². The summed E-state index contributed by atoms with van der Waals surface area (Å²) in [6.45, 7) is -0.623. The van der Waals surface area contributed by atoms with Crippen LogP contribution >= 0.6 is 15.9 Å². The van der Waals surface area contributed by atoms with E-state index in [2.05, 4.69) is 21.2 Å². The van der Waals surface area contributed by atoms with Gasteiger partial charge in [0.15, 0.2) is 11.5 Å². The van der Waals surface area contributed by atoms with Gasteiger partial charge in [-0.25, -0.2) is 9.69 Å². The molecule has 0 atom stereocenters. The molecule has 0 unspecified atom stereocenters. The first kappa shape index (κ1) is 22.7. The molecule has 1 saturated heterocycles. The molecule has 0 aromatic heterocycles. The SMILES string of the molecule is COc1cc(/C=C2/NC(=O)N(CC(=O)O)C2=O)c(Br)cc1OCc1ccc([N+](=O)[O-])cc1. The van der Waals surface area contributed by atoms with Crippen LogP contribution in [0, 0.1) is 10.1 Å². The van der Waals surface area contributed by atoms with Crippen molar-refractivity contribution in [3.8, 4) is 11.5 Å².